The molecule has 0 aromatic heterocycles. The number of benzene rings is 3. The number of carbonyl (C=O) groups excluding carboxylic acids is 1. The quantitative estimate of drug-likeness (QED) is 0.346. The third-order valence-corrected chi connectivity index (χ3v) is 8.37. The molecule has 2 heterocycles. The maximum absolute atomic E-state index is 13.6. The molecule has 0 spiro atoms. The van der Waals surface area contributed by atoms with Gasteiger partial charge in [-0.15, -0.1) is 0 Å². The Morgan fingerprint density at radius 1 is 0.939 bits per heavy atom. The average molecular weight is 512 g/mol. The topological polar surface area (TPSA) is 35.9 Å². The van der Waals surface area contributed by atoms with E-state index < -0.39 is 0 Å². The summed E-state index contributed by atoms with van der Waals surface area (Å²) in [6.45, 7) is 0.531. The van der Waals surface area contributed by atoms with Crippen molar-refractivity contribution in [3.63, 3.8) is 0 Å². The Bertz CT molecular complexity index is 1290. The molecule has 8 heteroatoms. The summed E-state index contributed by atoms with van der Waals surface area (Å²) in [7, 11) is 1.96. The fourth-order valence-electron chi connectivity index (χ4n) is 3.67. The van der Waals surface area contributed by atoms with Crippen LogP contribution in [0.3, 0.4) is 0 Å². The standard InChI is InChI=1S/C25H19Cl2N3OS2/c1-29-20-15-17(26)11-12-21(20)32-24(29)22-23(31)30(14-13-16-7-3-2-4-8-16)25(33-22)28-19-10-6-5-9-18(19)27/h2-12,15H,13-14H2,1H3/b24-22-,28-25?. The van der Waals surface area contributed by atoms with Gasteiger partial charge in [0.1, 0.15) is 4.91 Å². The number of aliphatic imine (C=N–C) groups is 1. The average Bonchev–Trinajstić information content (AvgIpc) is 3.30. The molecular weight excluding hydrogens is 493 g/mol. The zero-order valence-corrected chi connectivity index (χ0v) is 20.8. The third kappa shape index (κ3) is 4.53. The Morgan fingerprint density at radius 3 is 2.48 bits per heavy atom. The van der Waals surface area contributed by atoms with Crippen LogP contribution in [0.1, 0.15) is 5.56 Å². The summed E-state index contributed by atoms with van der Waals surface area (Å²) in [4.78, 5) is 23.9. The molecule has 1 saturated heterocycles. The molecule has 166 valence electrons. The number of thioether (sulfide) groups is 2. The number of nitrogens with zero attached hydrogens (tertiary/aromatic N) is 3. The van der Waals surface area contributed by atoms with Crippen LogP contribution in [-0.2, 0) is 11.2 Å². The summed E-state index contributed by atoms with van der Waals surface area (Å²) in [6, 6.07) is 23.3. The van der Waals surface area contributed by atoms with Crippen molar-refractivity contribution in [2.45, 2.75) is 11.3 Å². The number of halogens is 2. The van der Waals surface area contributed by atoms with Crippen LogP contribution in [0.5, 0.6) is 0 Å². The molecule has 1 fully saturated rings. The number of carbonyl (C=O) groups is 1. The number of hydrogen-bond acceptors (Lipinski definition) is 5. The molecule has 4 nitrogen and oxygen atoms in total. The third-order valence-electron chi connectivity index (χ3n) is 5.39. The van der Waals surface area contributed by atoms with Crippen molar-refractivity contribution in [1.82, 2.24) is 4.90 Å². The second-order valence-electron chi connectivity index (χ2n) is 7.55. The molecule has 0 unspecified atom stereocenters. The largest absolute Gasteiger partial charge is 0.337 e. The predicted molar refractivity (Wildman–Crippen MR) is 141 cm³/mol. The minimum atomic E-state index is -0.0463. The molecule has 0 aliphatic carbocycles. The van der Waals surface area contributed by atoms with Crippen LogP contribution in [0.4, 0.5) is 11.4 Å². The van der Waals surface area contributed by atoms with Gasteiger partial charge in [0.05, 0.1) is 21.4 Å². The molecule has 0 atom stereocenters. The first-order valence-electron chi connectivity index (χ1n) is 10.3. The molecule has 0 N–H and O–H groups in total. The molecule has 1 amide bonds. The zero-order chi connectivity index (χ0) is 22.9. The summed E-state index contributed by atoms with van der Waals surface area (Å²) in [5.41, 5.74) is 2.81. The summed E-state index contributed by atoms with van der Waals surface area (Å²) in [5.74, 6) is -0.0463. The van der Waals surface area contributed by atoms with Crippen LogP contribution in [0.15, 0.2) is 92.6 Å². The van der Waals surface area contributed by atoms with Crippen LogP contribution in [0, 0.1) is 0 Å². The fourth-order valence-corrected chi connectivity index (χ4v) is 6.35. The van der Waals surface area contributed by atoms with Crippen molar-refractivity contribution in [2.24, 2.45) is 4.99 Å². The molecule has 0 radical (unpaired) electrons. The van der Waals surface area contributed by atoms with Gasteiger partial charge in [0, 0.05) is 23.5 Å². The van der Waals surface area contributed by atoms with E-state index in [4.69, 9.17) is 28.2 Å². The van der Waals surface area contributed by atoms with Crippen LogP contribution in [0.25, 0.3) is 0 Å². The Morgan fingerprint density at radius 2 is 1.70 bits per heavy atom. The highest BCUT2D eigenvalue weighted by Gasteiger charge is 2.39. The van der Waals surface area contributed by atoms with E-state index in [0.717, 1.165) is 22.0 Å². The molecule has 2 aliphatic rings. The lowest BCUT2D eigenvalue weighted by atomic mass is 10.1. The molecule has 3 aromatic carbocycles. The van der Waals surface area contributed by atoms with E-state index in [1.54, 1.807) is 22.7 Å². The predicted octanol–water partition coefficient (Wildman–Crippen LogP) is 7.21. The van der Waals surface area contributed by atoms with Crippen LogP contribution in [-0.4, -0.2) is 29.6 Å². The van der Waals surface area contributed by atoms with Gasteiger partial charge in [0.15, 0.2) is 5.17 Å². The van der Waals surface area contributed by atoms with Gasteiger partial charge in [-0.25, -0.2) is 4.99 Å². The lowest BCUT2D eigenvalue weighted by Crippen LogP contribution is -2.31. The number of para-hydroxylation sites is 1. The Kier molecular flexibility index (Phi) is 6.43. The highest BCUT2D eigenvalue weighted by molar-refractivity contribution is 8.19. The molecule has 33 heavy (non-hydrogen) atoms. The molecule has 0 bridgehead atoms. The van der Waals surface area contributed by atoms with E-state index >= 15 is 0 Å². The van der Waals surface area contributed by atoms with Crippen LogP contribution in [0.2, 0.25) is 10.0 Å². The van der Waals surface area contributed by atoms with E-state index in [9.17, 15) is 4.79 Å². The zero-order valence-electron chi connectivity index (χ0n) is 17.7. The number of amidine groups is 1. The lowest BCUT2D eigenvalue weighted by molar-refractivity contribution is -0.122. The lowest BCUT2D eigenvalue weighted by Gasteiger charge is -2.17. The van der Waals surface area contributed by atoms with Crippen molar-refractivity contribution in [3.8, 4) is 0 Å². The van der Waals surface area contributed by atoms with Crippen LogP contribution < -0.4 is 4.90 Å². The fraction of sp³-hybridized carbons (Fsp3) is 0.120. The molecule has 5 rings (SSSR count). The molecule has 3 aromatic rings. The number of fused-ring (bicyclic) bond motifs is 1. The molecular formula is C25H19Cl2N3OS2. The van der Waals surface area contributed by atoms with E-state index in [2.05, 4.69) is 12.1 Å². The minimum Gasteiger partial charge on any atom is -0.337 e. The van der Waals surface area contributed by atoms with Gasteiger partial charge in [0.25, 0.3) is 5.91 Å². The SMILES string of the molecule is CN1/C(=C2/SC(=Nc3ccccc3Cl)N(CCc3ccccc3)C2=O)Sc2ccc(Cl)cc21. The van der Waals surface area contributed by atoms with Crippen LogP contribution >= 0.6 is 46.7 Å². The summed E-state index contributed by atoms with van der Waals surface area (Å²) in [5, 5.41) is 2.74. The van der Waals surface area contributed by atoms with E-state index in [0.29, 0.717) is 32.4 Å². The van der Waals surface area contributed by atoms with Crippen molar-refractivity contribution < 1.29 is 4.79 Å². The normalized spacial score (nSPS) is 19.0. The molecule has 0 saturated carbocycles. The van der Waals surface area contributed by atoms with Crippen molar-refractivity contribution in [1.29, 1.82) is 0 Å². The van der Waals surface area contributed by atoms with E-state index in [1.165, 1.54) is 17.3 Å². The summed E-state index contributed by atoms with van der Waals surface area (Å²) < 4.78 is 0. The number of hydrogen-bond donors (Lipinski definition) is 0. The van der Waals surface area contributed by atoms with Gasteiger partial charge in [-0.3, -0.25) is 9.69 Å². The molecule has 2 aliphatic heterocycles. The maximum Gasteiger partial charge on any atom is 0.269 e. The van der Waals surface area contributed by atoms with Gasteiger partial charge < -0.3 is 4.90 Å². The minimum absolute atomic E-state index is 0.0463. The first kappa shape index (κ1) is 22.4. The summed E-state index contributed by atoms with van der Waals surface area (Å²) in [6.07, 6.45) is 0.732. The Hall–Kier alpha value is -2.38. The van der Waals surface area contributed by atoms with Crippen molar-refractivity contribution in [3.05, 3.63) is 98.3 Å². The highest BCUT2D eigenvalue weighted by Crippen LogP contribution is 2.50. The smallest absolute Gasteiger partial charge is 0.269 e. The number of anilines is 1. The monoisotopic (exact) mass is 511 g/mol. The number of rotatable bonds is 4. The van der Waals surface area contributed by atoms with Gasteiger partial charge in [0.2, 0.25) is 0 Å². The van der Waals surface area contributed by atoms with Gasteiger partial charge >= 0.3 is 0 Å². The highest BCUT2D eigenvalue weighted by atomic mass is 35.5. The first-order chi connectivity index (χ1) is 16.0. The van der Waals surface area contributed by atoms with Crippen molar-refractivity contribution in [2.75, 3.05) is 18.5 Å². The number of amides is 1. The second kappa shape index (κ2) is 9.47. The van der Waals surface area contributed by atoms with Gasteiger partial charge in [-0.2, -0.15) is 0 Å². The van der Waals surface area contributed by atoms with Gasteiger partial charge in [-0.05, 0) is 54.1 Å². The summed E-state index contributed by atoms with van der Waals surface area (Å²) >= 11 is 15.5. The first-order valence-corrected chi connectivity index (χ1v) is 12.7. The maximum atomic E-state index is 13.6. The van der Waals surface area contributed by atoms with Crippen molar-refractivity contribution >= 4 is 69.2 Å². The Labute approximate surface area is 211 Å². The Balaban J connectivity index is 1.51. The van der Waals surface area contributed by atoms with E-state index in [-0.39, 0.29) is 5.91 Å². The van der Waals surface area contributed by atoms with E-state index in [1.807, 2.05) is 66.5 Å². The van der Waals surface area contributed by atoms with Gasteiger partial charge in [-0.1, -0.05) is 77.4 Å². The second-order valence-corrected chi connectivity index (χ2v) is 10.4.